The van der Waals surface area contributed by atoms with Gasteiger partial charge in [0.05, 0.1) is 35.2 Å². The summed E-state index contributed by atoms with van der Waals surface area (Å²) in [5.41, 5.74) is -0.177. The van der Waals surface area contributed by atoms with E-state index in [1.807, 2.05) is 0 Å². The summed E-state index contributed by atoms with van der Waals surface area (Å²) >= 11 is 0. The Labute approximate surface area is 149 Å². The number of aliphatic hydroxyl groups is 1. The molecule has 2 saturated carbocycles. The Hall–Kier alpha value is -1.15. The minimum Gasteiger partial charge on any atom is -0.389 e. The fourth-order valence-electron chi connectivity index (χ4n) is 6.93. The van der Waals surface area contributed by atoms with E-state index >= 15 is 0 Å². The van der Waals surface area contributed by atoms with Crippen LogP contribution in [0.3, 0.4) is 0 Å². The standard InChI is InChI=1S/C21H27NO3/c1-18-9-5-16-17(21(18,23)11-4-15(18)12-22)6-10-20-8-3-2-7-19(16,20)13-24-14-25-20/h2,5,7,15,17,23H,3-4,6,8-11,13-14H2,1H3/t15-,17-,18-,19+,20-,21+/m1/s1. The number of ether oxygens (including phenoxy) is 2. The van der Waals surface area contributed by atoms with Crippen LogP contribution in [0.1, 0.15) is 51.9 Å². The van der Waals surface area contributed by atoms with Gasteiger partial charge in [-0.1, -0.05) is 30.7 Å². The summed E-state index contributed by atoms with van der Waals surface area (Å²) < 4.78 is 12.1. The molecule has 3 fully saturated rings. The lowest BCUT2D eigenvalue weighted by atomic mass is 9.46. The number of nitrogens with zero attached hydrogens (tertiary/aromatic N) is 1. The van der Waals surface area contributed by atoms with Gasteiger partial charge in [0.2, 0.25) is 0 Å². The molecule has 0 bridgehead atoms. The number of hydrogen-bond donors (Lipinski definition) is 1. The van der Waals surface area contributed by atoms with Gasteiger partial charge < -0.3 is 14.6 Å². The molecule has 0 aromatic carbocycles. The van der Waals surface area contributed by atoms with Crippen molar-refractivity contribution >= 4 is 0 Å². The van der Waals surface area contributed by atoms with E-state index < -0.39 is 5.60 Å². The van der Waals surface area contributed by atoms with E-state index in [2.05, 4.69) is 31.2 Å². The van der Waals surface area contributed by atoms with Crippen LogP contribution in [0.15, 0.2) is 23.8 Å². The normalized spacial score (nSPS) is 53.7. The molecule has 0 unspecified atom stereocenters. The van der Waals surface area contributed by atoms with Crippen molar-refractivity contribution < 1.29 is 14.6 Å². The summed E-state index contributed by atoms with van der Waals surface area (Å²) in [7, 11) is 0. The molecule has 134 valence electrons. The summed E-state index contributed by atoms with van der Waals surface area (Å²) in [5, 5.41) is 21.5. The number of nitriles is 1. The Balaban J connectivity index is 1.66. The summed E-state index contributed by atoms with van der Waals surface area (Å²) in [6.45, 7) is 3.16. The van der Waals surface area contributed by atoms with Crippen molar-refractivity contribution in [3.63, 3.8) is 0 Å². The van der Waals surface area contributed by atoms with Gasteiger partial charge in [0.15, 0.2) is 0 Å². The van der Waals surface area contributed by atoms with Crippen LogP contribution < -0.4 is 0 Å². The van der Waals surface area contributed by atoms with Crippen LogP contribution in [0.25, 0.3) is 0 Å². The third kappa shape index (κ3) is 1.68. The van der Waals surface area contributed by atoms with Gasteiger partial charge in [-0.05, 0) is 44.9 Å². The molecule has 0 radical (unpaired) electrons. The third-order valence-corrected chi connectivity index (χ3v) is 8.46. The summed E-state index contributed by atoms with van der Waals surface area (Å²) in [4.78, 5) is 0. The average Bonchev–Trinajstić information content (AvgIpc) is 2.91. The highest BCUT2D eigenvalue weighted by molar-refractivity contribution is 5.41. The third-order valence-electron chi connectivity index (χ3n) is 8.46. The average molecular weight is 341 g/mol. The molecule has 5 rings (SSSR count). The number of rotatable bonds is 0. The van der Waals surface area contributed by atoms with Gasteiger partial charge >= 0.3 is 0 Å². The van der Waals surface area contributed by atoms with Gasteiger partial charge in [0.25, 0.3) is 0 Å². The smallest absolute Gasteiger partial charge is 0.147 e. The first kappa shape index (κ1) is 16.1. The van der Waals surface area contributed by atoms with Crippen LogP contribution in [-0.4, -0.2) is 29.7 Å². The Bertz CT molecular complexity index is 708. The number of hydrogen-bond acceptors (Lipinski definition) is 4. The van der Waals surface area contributed by atoms with Crippen LogP contribution in [0.2, 0.25) is 0 Å². The van der Waals surface area contributed by atoms with E-state index in [1.165, 1.54) is 5.57 Å². The van der Waals surface area contributed by atoms with Crippen molar-refractivity contribution in [2.24, 2.45) is 22.7 Å². The molecule has 4 aliphatic carbocycles. The van der Waals surface area contributed by atoms with E-state index in [0.717, 1.165) is 44.9 Å². The molecular formula is C21H27NO3. The van der Waals surface area contributed by atoms with Crippen molar-refractivity contribution in [2.75, 3.05) is 13.4 Å². The molecule has 25 heavy (non-hydrogen) atoms. The second-order valence-corrected chi connectivity index (χ2v) is 9.03. The van der Waals surface area contributed by atoms with Gasteiger partial charge in [-0.3, -0.25) is 0 Å². The first-order valence-corrected chi connectivity index (χ1v) is 9.73. The maximum Gasteiger partial charge on any atom is 0.147 e. The van der Waals surface area contributed by atoms with Crippen molar-refractivity contribution in [3.05, 3.63) is 23.8 Å². The SMILES string of the molecule is C[C@]12CC=C3[C@@H](CC[C@]45CCC=C[C@]34COCO5)[C@@]1(O)CC[C@@H]2C#N. The van der Waals surface area contributed by atoms with Crippen molar-refractivity contribution in [1.29, 1.82) is 5.26 Å². The minimum atomic E-state index is -0.777. The van der Waals surface area contributed by atoms with Crippen LogP contribution in [0.4, 0.5) is 0 Å². The molecule has 6 atom stereocenters. The Morgan fingerprint density at radius 3 is 3.00 bits per heavy atom. The highest BCUT2D eigenvalue weighted by Gasteiger charge is 2.68. The monoisotopic (exact) mass is 341 g/mol. The molecule has 4 nitrogen and oxygen atoms in total. The lowest BCUT2D eigenvalue weighted by Crippen LogP contribution is -2.65. The maximum absolute atomic E-state index is 11.8. The Morgan fingerprint density at radius 1 is 1.28 bits per heavy atom. The van der Waals surface area contributed by atoms with Gasteiger partial charge in [-0.2, -0.15) is 5.26 Å². The molecule has 4 heteroatoms. The van der Waals surface area contributed by atoms with Crippen LogP contribution in [0.5, 0.6) is 0 Å². The quantitative estimate of drug-likeness (QED) is 0.685. The zero-order chi connectivity index (χ0) is 17.3. The van der Waals surface area contributed by atoms with Gasteiger partial charge in [-0.25, -0.2) is 0 Å². The molecular weight excluding hydrogens is 314 g/mol. The predicted molar refractivity (Wildman–Crippen MR) is 92.3 cm³/mol. The molecule has 0 amide bonds. The van der Waals surface area contributed by atoms with Gasteiger partial charge in [-0.15, -0.1) is 0 Å². The summed E-state index contributed by atoms with van der Waals surface area (Å²) in [5.74, 6) is 0.0611. The van der Waals surface area contributed by atoms with E-state index in [4.69, 9.17) is 9.47 Å². The minimum absolute atomic E-state index is 0.0553. The fraction of sp³-hybridized carbons (Fsp3) is 0.762. The molecule has 5 aliphatic rings. The molecule has 1 aliphatic heterocycles. The predicted octanol–water partition coefficient (Wildman–Crippen LogP) is 3.48. The zero-order valence-electron chi connectivity index (χ0n) is 15.0. The van der Waals surface area contributed by atoms with Crippen molar-refractivity contribution in [2.45, 2.75) is 63.1 Å². The second-order valence-electron chi connectivity index (χ2n) is 9.03. The van der Waals surface area contributed by atoms with Crippen LogP contribution in [0, 0.1) is 34.0 Å². The second kappa shape index (κ2) is 4.97. The number of allylic oxidation sites excluding steroid dienone is 2. The van der Waals surface area contributed by atoms with Gasteiger partial charge in [0.1, 0.15) is 6.79 Å². The number of fused-ring (bicyclic) bond motifs is 3. The maximum atomic E-state index is 11.8. The largest absolute Gasteiger partial charge is 0.389 e. The van der Waals surface area contributed by atoms with E-state index in [1.54, 1.807) is 0 Å². The molecule has 1 N–H and O–H groups in total. The molecule has 0 spiro atoms. The highest BCUT2D eigenvalue weighted by Crippen LogP contribution is 2.68. The van der Waals surface area contributed by atoms with Crippen molar-refractivity contribution in [1.82, 2.24) is 0 Å². The summed E-state index contributed by atoms with van der Waals surface area (Å²) in [6, 6.07) is 2.48. The zero-order valence-corrected chi connectivity index (χ0v) is 15.0. The first-order valence-electron chi connectivity index (χ1n) is 9.73. The molecule has 1 heterocycles. The van der Waals surface area contributed by atoms with Crippen molar-refractivity contribution in [3.8, 4) is 6.07 Å². The fourth-order valence-corrected chi connectivity index (χ4v) is 6.93. The molecule has 0 aromatic rings. The van der Waals surface area contributed by atoms with Crippen LogP contribution in [-0.2, 0) is 9.47 Å². The van der Waals surface area contributed by atoms with E-state index in [9.17, 15) is 10.4 Å². The highest BCUT2D eigenvalue weighted by atomic mass is 16.7. The van der Waals surface area contributed by atoms with E-state index in [-0.39, 0.29) is 28.3 Å². The first-order chi connectivity index (χ1) is 12.0. The summed E-state index contributed by atoms with van der Waals surface area (Å²) in [6.07, 6.45) is 13.3. The topological polar surface area (TPSA) is 62.5 Å². The molecule has 1 saturated heterocycles. The Kier molecular flexibility index (Phi) is 3.19. The van der Waals surface area contributed by atoms with Gasteiger partial charge in [0, 0.05) is 11.3 Å². The lowest BCUT2D eigenvalue weighted by Gasteiger charge is -2.63. The Morgan fingerprint density at radius 2 is 2.16 bits per heavy atom. The lowest BCUT2D eigenvalue weighted by molar-refractivity contribution is -0.266. The van der Waals surface area contributed by atoms with Crippen LogP contribution >= 0.6 is 0 Å². The van der Waals surface area contributed by atoms with E-state index in [0.29, 0.717) is 13.4 Å². The molecule has 0 aromatic heterocycles.